The fraction of sp³-hybridized carbons (Fsp3) is 0.854. The summed E-state index contributed by atoms with van der Waals surface area (Å²) in [5.74, 6) is 4.33. The molecule has 0 radical (unpaired) electrons. The number of nitrogens with one attached hydrogen (secondary N) is 8. The summed E-state index contributed by atoms with van der Waals surface area (Å²) in [4.78, 5) is 173. The summed E-state index contributed by atoms with van der Waals surface area (Å²) in [5, 5.41) is 43.1. The SMILES string of the molecule is CC(=O)CCCCCCC(=O)OC(C)(C)C.CC(=O)CCCCCN.CC(=O)CCCCCN(C)C(=O)CCCC[C@@H]1SC[C@@H]2NC(=O)N[C@@H]21.CC(=O)CCCCCN(C)C(=O)OC(C)(C)C.CC(=O)CCCCCN(C)CCCCC[C@@H]1SC[C@@H]2NC(=O)N[C@@H]21.CCCCCC(C)=O.CN(CCCCCC(=O)O)CCCCC[C@@H]1SC[C@@H]2NC(=O)N[C@@H]21.O=C(O)CCCC[C@@H]1SC[C@@H]2NC(=O)N[C@@H]21. The van der Waals surface area contributed by atoms with Crippen LogP contribution in [0.2, 0.25) is 0 Å². The highest BCUT2D eigenvalue weighted by atomic mass is 32.2. The number of unbranched alkanes of at least 4 members (excludes halogenated alkanes) is 21. The van der Waals surface area contributed by atoms with E-state index in [0.717, 1.165) is 242 Å². The van der Waals surface area contributed by atoms with Crippen LogP contribution in [-0.4, -0.2) is 296 Å². The number of esters is 1. The number of thioether (sulfide) groups is 4. The molecule has 8 rings (SSSR count). The number of amides is 10. The summed E-state index contributed by atoms with van der Waals surface area (Å²) in [6.07, 6.45) is 43.3. The largest absolute Gasteiger partial charge is 0.481 e. The number of nitrogens with zero attached hydrogens (tertiary/aromatic N) is 4. The molecule has 12 N–H and O–H groups in total. The van der Waals surface area contributed by atoms with Crippen molar-refractivity contribution in [3.8, 4) is 0 Å². The molecule has 0 aromatic carbocycles. The Kier molecular flexibility index (Phi) is 73.2. The highest BCUT2D eigenvalue weighted by Gasteiger charge is 2.46. The maximum absolute atomic E-state index is 12.1. The first-order valence-corrected chi connectivity index (χ1v) is 56.6. The molecule has 8 fully saturated rings. The number of fused-ring (bicyclic) bond motifs is 4. The normalized spacial score (nSPS) is 20.7. The minimum atomic E-state index is -0.729. The standard InChI is InChI=1S/C18H31N3O3S.C18H33N3O2S.C17H31N3O3S.C13H25NO3.C13H24O3.C10H16N2O3S.C7H15NO.C7H14O/c1-13(22)8-4-3-7-11-21(2)16(23)10-6-5-9-15-17-14(12-25-15)19-18(24)20-17;1-14(22)9-5-3-7-11-21(2)12-8-4-6-10-16-17-15(13-24-16)19-18(23)20-17;1-20(11-7-3-5-9-15(21)22)10-6-2-4-8-14-16-13(12-24-14)18-17(23)19-16;1-11(15)9-7-6-8-10-14(5)12(16)17-13(2,3)4;1-11(14)9-7-5-6-8-10-12(15)16-13(2,3)4;13-8(14)4-2-1-3-7-9-6(5-16-7)11-10(15)12-9;1-7(9)5-3-2-4-6-8;1-3-4-5-6-7(2)8/h14-15,17H,3-12H2,1-2H3,(H2,19,20,24);15-17H,3-13H2,1-2H3,(H2,19,20,23);13-14,16H,2-12H2,1H3,(H,21,22)(H2,18,19,23);6-10H2,1-5H3;5-10H2,1-4H3;6-7,9H,1-5H2,(H,13,14)(H2,11,12,15);2-6,8H2,1H3;3-6H2,1-2H3/t14-,15-,17-;15-,16-,17-;13-,14-,16-;;;6-,7-,9-;;/m000..0../s1. The topological polar surface area (TPSA) is 450 Å². The van der Waals surface area contributed by atoms with Crippen molar-refractivity contribution in [3.63, 3.8) is 0 Å². The van der Waals surface area contributed by atoms with Crippen molar-refractivity contribution in [1.82, 2.24) is 62.1 Å². The summed E-state index contributed by atoms with van der Waals surface area (Å²) >= 11 is 7.79. The summed E-state index contributed by atoms with van der Waals surface area (Å²) in [6.45, 7) is 29.8. The number of urea groups is 4. The maximum Gasteiger partial charge on any atom is 0.410 e. The predicted octanol–water partition coefficient (Wildman–Crippen LogP) is 17.7. The van der Waals surface area contributed by atoms with Gasteiger partial charge in [0.25, 0.3) is 0 Å². The van der Waals surface area contributed by atoms with Gasteiger partial charge in [-0.05, 0) is 265 Å². The number of Topliss-reactive ketones (excluding diaryl/α,β-unsaturated/α-hetero) is 6. The molecule has 12 atom stereocenters. The number of carboxylic acids is 2. The van der Waals surface area contributed by atoms with Gasteiger partial charge < -0.3 is 116 Å². The third-order valence-electron chi connectivity index (χ3n) is 24.7. The lowest BCUT2D eigenvalue weighted by molar-refractivity contribution is -0.155. The van der Waals surface area contributed by atoms with Crippen LogP contribution in [0, 0.1) is 0 Å². The monoisotopic (exact) mass is 2040 g/mol. The Hall–Kier alpha value is -6.47. The minimum absolute atomic E-state index is 0.000259. The maximum atomic E-state index is 12.1. The molecule has 0 aromatic rings. The van der Waals surface area contributed by atoms with E-state index in [1.54, 1.807) is 53.5 Å². The molecular formula is C103H189N13O19S4. The molecule has 36 heteroatoms. The molecule has 0 bridgehead atoms. The van der Waals surface area contributed by atoms with Crippen LogP contribution in [-0.2, 0) is 57.4 Å². The number of carbonyl (C=O) groups is 15. The Labute approximate surface area is 852 Å². The van der Waals surface area contributed by atoms with E-state index in [-0.39, 0.29) is 101 Å². The van der Waals surface area contributed by atoms with E-state index < -0.39 is 17.5 Å². The van der Waals surface area contributed by atoms with E-state index in [4.69, 9.17) is 25.4 Å². The van der Waals surface area contributed by atoms with Gasteiger partial charge in [-0.3, -0.25) is 19.2 Å². The van der Waals surface area contributed by atoms with Gasteiger partial charge in [0, 0.05) is 135 Å². The number of aliphatic carboxylic acids is 2. The molecule has 804 valence electrons. The summed E-state index contributed by atoms with van der Waals surface area (Å²) in [5.41, 5.74) is 4.43. The molecule has 139 heavy (non-hydrogen) atoms. The van der Waals surface area contributed by atoms with Gasteiger partial charge >= 0.3 is 48.1 Å². The molecule has 0 aliphatic carbocycles. The minimum Gasteiger partial charge on any atom is -0.481 e. The van der Waals surface area contributed by atoms with Gasteiger partial charge in [0.1, 0.15) is 45.9 Å². The molecule has 8 heterocycles. The Morgan fingerprint density at radius 3 is 0.849 bits per heavy atom. The van der Waals surface area contributed by atoms with Crippen LogP contribution < -0.4 is 48.3 Å². The second-order valence-corrected chi connectivity index (χ2v) is 45.9. The van der Waals surface area contributed by atoms with Crippen molar-refractivity contribution in [1.29, 1.82) is 0 Å². The molecule has 0 spiro atoms. The molecule has 32 nitrogen and oxygen atoms in total. The Balaban J connectivity index is 0.000000813. The first-order valence-electron chi connectivity index (χ1n) is 52.4. The first kappa shape index (κ1) is 131. The fourth-order valence-electron chi connectivity index (χ4n) is 16.9. The zero-order chi connectivity index (χ0) is 104. The Morgan fingerprint density at radius 1 is 0.317 bits per heavy atom. The third-order valence-corrected chi connectivity index (χ3v) is 30.7. The summed E-state index contributed by atoms with van der Waals surface area (Å²) in [7, 11) is 7.94. The van der Waals surface area contributed by atoms with Gasteiger partial charge in [-0.25, -0.2) is 24.0 Å². The van der Waals surface area contributed by atoms with Crippen molar-refractivity contribution in [3.05, 3.63) is 0 Å². The van der Waals surface area contributed by atoms with Gasteiger partial charge in [-0.15, -0.1) is 0 Å². The number of carbonyl (C=O) groups excluding carboxylic acids is 13. The van der Waals surface area contributed by atoms with Crippen molar-refractivity contribution in [2.24, 2.45) is 5.73 Å². The van der Waals surface area contributed by atoms with Crippen LogP contribution in [0.25, 0.3) is 0 Å². The molecule has 0 saturated carbocycles. The van der Waals surface area contributed by atoms with Crippen molar-refractivity contribution >= 4 is 136 Å². The van der Waals surface area contributed by atoms with Gasteiger partial charge in [0.15, 0.2) is 0 Å². The van der Waals surface area contributed by atoms with E-state index in [0.29, 0.717) is 102 Å². The number of hydrogen-bond acceptors (Lipinski definition) is 24. The average Bonchev–Trinajstić information content (AvgIpc) is 1.68. The Bertz CT molecular complexity index is 3450. The molecule has 8 aliphatic heterocycles. The zero-order valence-electron chi connectivity index (χ0n) is 88.6. The fourth-order valence-corrected chi connectivity index (χ4v) is 23.0. The number of hydrogen-bond donors (Lipinski definition) is 11. The second kappa shape index (κ2) is 78.0. The van der Waals surface area contributed by atoms with Crippen LogP contribution >= 0.6 is 47.0 Å². The molecule has 8 saturated heterocycles. The molecule has 8 aliphatic rings. The number of ketones is 6. The highest BCUT2D eigenvalue weighted by Crippen LogP contribution is 2.37. The van der Waals surface area contributed by atoms with Crippen LogP contribution in [0.3, 0.4) is 0 Å². The zero-order valence-corrected chi connectivity index (χ0v) is 91.8. The van der Waals surface area contributed by atoms with Crippen molar-refractivity contribution < 1.29 is 91.6 Å². The summed E-state index contributed by atoms with van der Waals surface area (Å²) < 4.78 is 10.4. The summed E-state index contributed by atoms with van der Waals surface area (Å²) in [6, 6.07) is 2.30. The second-order valence-electron chi connectivity index (χ2n) is 40.8. The molecule has 10 amide bonds. The van der Waals surface area contributed by atoms with Crippen molar-refractivity contribution in [2.75, 3.05) is 97.0 Å². The molecule has 0 aromatic heterocycles. The van der Waals surface area contributed by atoms with Crippen LogP contribution in [0.1, 0.15) is 385 Å². The van der Waals surface area contributed by atoms with E-state index in [9.17, 15) is 71.9 Å². The van der Waals surface area contributed by atoms with Gasteiger partial charge in [-0.2, -0.15) is 47.0 Å². The number of ether oxygens (including phenoxy) is 2. The van der Waals surface area contributed by atoms with E-state index in [2.05, 4.69) is 73.4 Å². The number of nitrogens with two attached hydrogens (primary N) is 1. The van der Waals surface area contributed by atoms with Gasteiger partial charge in [0.2, 0.25) is 5.91 Å². The quantitative estimate of drug-likeness (QED) is 0.0153. The Morgan fingerprint density at radius 2 is 0.561 bits per heavy atom. The van der Waals surface area contributed by atoms with Gasteiger partial charge in [0.05, 0.1) is 48.3 Å². The lowest BCUT2D eigenvalue weighted by Crippen LogP contribution is -2.36. The highest BCUT2D eigenvalue weighted by molar-refractivity contribution is 8.01. The van der Waals surface area contributed by atoms with Crippen LogP contribution in [0.4, 0.5) is 24.0 Å². The number of rotatable bonds is 62. The van der Waals surface area contributed by atoms with Crippen LogP contribution in [0.15, 0.2) is 0 Å². The smallest absolute Gasteiger partial charge is 0.410 e. The predicted molar refractivity (Wildman–Crippen MR) is 566 cm³/mol. The van der Waals surface area contributed by atoms with E-state index in [1.807, 2.05) is 101 Å². The first-order chi connectivity index (χ1) is 65.8. The van der Waals surface area contributed by atoms with E-state index >= 15 is 0 Å². The third kappa shape index (κ3) is 70.0. The van der Waals surface area contributed by atoms with Gasteiger partial charge in [-0.1, -0.05) is 103 Å². The molecule has 0 unspecified atom stereocenters. The average molecular weight is 2040 g/mol. The molecular weight excluding hydrogens is 1850 g/mol. The van der Waals surface area contributed by atoms with Crippen LogP contribution in [0.5, 0.6) is 0 Å². The number of carboxylic acid groups (broad SMARTS) is 2. The van der Waals surface area contributed by atoms with E-state index in [1.165, 1.54) is 70.6 Å². The lowest BCUT2D eigenvalue weighted by Gasteiger charge is -2.24. The van der Waals surface area contributed by atoms with Crippen molar-refractivity contribution in [2.45, 2.75) is 466 Å². The lowest BCUT2D eigenvalue weighted by atomic mass is 10.0.